The Kier molecular flexibility index (Phi) is 33.2. The van der Waals surface area contributed by atoms with E-state index in [1.807, 2.05) is 18.2 Å². The van der Waals surface area contributed by atoms with Gasteiger partial charge >= 0.3 is 19.8 Å². The molecule has 0 fully saturated rings. The van der Waals surface area contributed by atoms with Gasteiger partial charge in [-0.05, 0) is 57.3 Å². The molecule has 11 nitrogen and oxygen atoms in total. The third kappa shape index (κ3) is 34.9. The lowest BCUT2D eigenvalue weighted by atomic mass is 10.0. The zero-order chi connectivity index (χ0) is 38.7. The Morgan fingerprint density at radius 1 is 0.654 bits per heavy atom. The van der Waals surface area contributed by atoms with Crippen LogP contribution in [0.3, 0.4) is 0 Å². The fraction of sp³-hybridized carbons (Fsp3) is 0.750. The second-order valence-electron chi connectivity index (χ2n) is 13.6. The fourth-order valence-electron chi connectivity index (χ4n) is 4.95. The van der Waals surface area contributed by atoms with Gasteiger partial charge in [0.25, 0.3) is 0 Å². The largest absolute Gasteiger partial charge is 0.472 e. The quantitative estimate of drug-likeness (QED) is 0.0211. The Hall–Kier alpha value is -2.11. The summed E-state index contributed by atoms with van der Waals surface area (Å²) in [5.41, 5.74) is 0. The number of unbranched alkanes of at least 4 members (excludes halogenated alkanes) is 8. The van der Waals surface area contributed by atoms with Gasteiger partial charge in [-0.2, -0.15) is 0 Å². The number of esters is 2. The molecule has 0 aliphatic carbocycles. The highest BCUT2D eigenvalue weighted by Crippen LogP contribution is 2.43. The summed E-state index contributed by atoms with van der Waals surface area (Å²) in [6.45, 7) is 4.35. The summed E-state index contributed by atoms with van der Waals surface area (Å²) < 4.78 is 32.5. The van der Waals surface area contributed by atoms with E-state index in [2.05, 4.69) is 55.7 Å². The molecule has 2 unspecified atom stereocenters. The van der Waals surface area contributed by atoms with E-state index in [1.54, 1.807) is 0 Å². The van der Waals surface area contributed by atoms with Gasteiger partial charge < -0.3 is 29.7 Å². The lowest BCUT2D eigenvalue weighted by Gasteiger charge is -2.20. The number of hydrogen-bond donors (Lipinski definition) is 4. The maximum Gasteiger partial charge on any atom is 0.472 e. The van der Waals surface area contributed by atoms with E-state index in [0.29, 0.717) is 25.7 Å². The lowest BCUT2D eigenvalue weighted by Crippen LogP contribution is -2.29. The molecule has 0 aromatic rings. The number of rotatable bonds is 35. The number of allylic oxidation sites excluding steroid dienone is 7. The molecule has 0 heterocycles. The molecule has 12 heteroatoms. The van der Waals surface area contributed by atoms with Crippen LogP contribution in [0.2, 0.25) is 0 Å². The minimum Gasteiger partial charge on any atom is -0.462 e. The van der Waals surface area contributed by atoms with E-state index >= 15 is 0 Å². The van der Waals surface area contributed by atoms with Gasteiger partial charge in [-0.1, -0.05) is 127 Å². The van der Waals surface area contributed by atoms with Crippen LogP contribution in [-0.2, 0) is 32.7 Å². The summed E-state index contributed by atoms with van der Waals surface area (Å²) in [4.78, 5) is 34.8. The van der Waals surface area contributed by atoms with Crippen LogP contribution in [0.15, 0.2) is 48.6 Å². The third-order valence-electron chi connectivity index (χ3n) is 7.97. The summed E-state index contributed by atoms with van der Waals surface area (Å²) in [7, 11) is -4.64. The van der Waals surface area contributed by atoms with Crippen LogP contribution < -0.4 is 0 Å². The highest BCUT2D eigenvalue weighted by Gasteiger charge is 2.27. The van der Waals surface area contributed by atoms with Gasteiger partial charge in [0.15, 0.2) is 6.10 Å². The number of carbonyl (C=O) groups excluding carboxylic acids is 2. The first kappa shape index (κ1) is 49.9. The summed E-state index contributed by atoms with van der Waals surface area (Å²) in [6, 6.07) is 0. The SMILES string of the molecule is CCCC(O)C/C=C\C/C=C\C/C=C\C/C=C\CCCC(=O)O[C@H](COC(=O)CCCCCCCCCCC(C)C)COP(=O)(O)OC[C@@H](O)CO. The van der Waals surface area contributed by atoms with E-state index in [1.165, 1.54) is 32.1 Å². The molecule has 0 radical (unpaired) electrons. The van der Waals surface area contributed by atoms with Crippen molar-refractivity contribution in [2.75, 3.05) is 26.4 Å². The van der Waals surface area contributed by atoms with Crippen molar-refractivity contribution in [3.05, 3.63) is 48.6 Å². The number of phosphoric acid groups is 1. The van der Waals surface area contributed by atoms with Crippen molar-refractivity contribution in [1.82, 2.24) is 0 Å². The molecular weight excluding hydrogens is 687 g/mol. The van der Waals surface area contributed by atoms with Crippen molar-refractivity contribution in [2.24, 2.45) is 5.92 Å². The van der Waals surface area contributed by atoms with Gasteiger partial charge in [-0.25, -0.2) is 4.57 Å². The Bertz CT molecular complexity index is 1040. The highest BCUT2D eigenvalue weighted by atomic mass is 31.2. The summed E-state index contributed by atoms with van der Waals surface area (Å²) >= 11 is 0. The van der Waals surface area contributed by atoms with Gasteiger partial charge in [0, 0.05) is 12.8 Å². The molecule has 0 rings (SSSR count). The average molecular weight is 759 g/mol. The third-order valence-corrected chi connectivity index (χ3v) is 8.92. The highest BCUT2D eigenvalue weighted by molar-refractivity contribution is 7.47. The van der Waals surface area contributed by atoms with Crippen LogP contribution in [-0.4, -0.2) is 76.9 Å². The number of carbonyl (C=O) groups is 2. The topological polar surface area (TPSA) is 169 Å². The summed E-state index contributed by atoms with van der Waals surface area (Å²) in [5, 5.41) is 28.0. The van der Waals surface area contributed by atoms with Crippen LogP contribution in [0, 0.1) is 5.92 Å². The van der Waals surface area contributed by atoms with E-state index in [0.717, 1.165) is 57.3 Å². The van der Waals surface area contributed by atoms with Crippen LogP contribution in [0.4, 0.5) is 0 Å². The van der Waals surface area contributed by atoms with Crippen molar-refractivity contribution in [1.29, 1.82) is 0 Å². The van der Waals surface area contributed by atoms with E-state index < -0.39 is 51.8 Å². The molecule has 0 amide bonds. The minimum absolute atomic E-state index is 0.0924. The smallest absolute Gasteiger partial charge is 0.462 e. The number of ether oxygens (including phenoxy) is 2. The first-order valence-electron chi connectivity index (χ1n) is 19.5. The number of aliphatic hydroxyl groups is 3. The van der Waals surface area contributed by atoms with E-state index in [-0.39, 0.29) is 25.6 Å². The molecule has 0 aliphatic heterocycles. The zero-order valence-corrected chi connectivity index (χ0v) is 33.2. The standard InChI is InChI=1S/C40H71O11P/c1-4-26-36(42)28-23-19-15-10-8-6-5-7-9-11-17-21-25-30-40(45)51-38(34-50-52(46,47)49-32-37(43)31-41)33-48-39(44)29-24-20-16-13-12-14-18-22-27-35(2)3/h5,7-8,10-11,17,19,23,35-38,41-43H,4,6,9,12-16,18,20-22,24-34H2,1-3H3,(H,46,47)/b7-5-,10-8-,17-11-,23-19-/t36?,37-,38+/m0/s1. The molecule has 302 valence electrons. The predicted octanol–water partition coefficient (Wildman–Crippen LogP) is 8.60. The van der Waals surface area contributed by atoms with Gasteiger partial charge in [0.1, 0.15) is 12.7 Å². The molecule has 4 atom stereocenters. The van der Waals surface area contributed by atoms with Crippen LogP contribution in [0.5, 0.6) is 0 Å². The fourth-order valence-corrected chi connectivity index (χ4v) is 5.74. The molecule has 4 N–H and O–H groups in total. The van der Waals surface area contributed by atoms with Crippen LogP contribution in [0.1, 0.15) is 143 Å². The van der Waals surface area contributed by atoms with Crippen molar-refractivity contribution < 1.29 is 52.9 Å². The van der Waals surface area contributed by atoms with Crippen LogP contribution in [0.25, 0.3) is 0 Å². The molecule has 0 spiro atoms. The second kappa shape index (κ2) is 34.6. The second-order valence-corrected chi connectivity index (χ2v) is 15.1. The van der Waals surface area contributed by atoms with Crippen molar-refractivity contribution in [3.8, 4) is 0 Å². The average Bonchev–Trinajstić information content (AvgIpc) is 3.10. The maximum atomic E-state index is 12.5. The Balaban J connectivity index is 4.49. The molecule has 0 saturated heterocycles. The van der Waals surface area contributed by atoms with Gasteiger partial charge in [-0.15, -0.1) is 0 Å². The first-order chi connectivity index (χ1) is 25.0. The Labute approximate surface area is 314 Å². The minimum atomic E-state index is -4.64. The molecule has 0 aromatic carbocycles. The molecule has 52 heavy (non-hydrogen) atoms. The summed E-state index contributed by atoms with van der Waals surface area (Å²) in [6.07, 6.45) is 30.2. The zero-order valence-electron chi connectivity index (χ0n) is 32.3. The molecule has 0 aliphatic rings. The first-order valence-corrected chi connectivity index (χ1v) is 21.0. The lowest BCUT2D eigenvalue weighted by molar-refractivity contribution is -0.161. The number of hydrogen-bond acceptors (Lipinski definition) is 10. The van der Waals surface area contributed by atoms with Gasteiger partial charge in [-0.3, -0.25) is 18.6 Å². The van der Waals surface area contributed by atoms with E-state index in [4.69, 9.17) is 19.1 Å². The monoisotopic (exact) mass is 758 g/mol. The van der Waals surface area contributed by atoms with Crippen molar-refractivity contribution in [2.45, 2.75) is 161 Å². The summed E-state index contributed by atoms with van der Waals surface area (Å²) in [5.74, 6) is -0.262. The Morgan fingerprint density at radius 2 is 1.19 bits per heavy atom. The van der Waals surface area contributed by atoms with Gasteiger partial charge in [0.05, 0.1) is 25.9 Å². The molecular formula is C40H71O11P. The number of aliphatic hydroxyl groups excluding tert-OH is 3. The predicted molar refractivity (Wildman–Crippen MR) is 206 cm³/mol. The van der Waals surface area contributed by atoms with Crippen molar-refractivity contribution >= 4 is 19.8 Å². The van der Waals surface area contributed by atoms with Crippen LogP contribution >= 0.6 is 7.82 Å². The van der Waals surface area contributed by atoms with Crippen molar-refractivity contribution in [3.63, 3.8) is 0 Å². The molecule has 0 saturated carbocycles. The molecule has 0 aromatic heterocycles. The molecule has 0 bridgehead atoms. The Morgan fingerprint density at radius 3 is 1.79 bits per heavy atom. The normalized spacial score (nSPS) is 15.2. The van der Waals surface area contributed by atoms with E-state index in [9.17, 15) is 29.3 Å². The number of phosphoric ester groups is 1. The van der Waals surface area contributed by atoms with Gasteiger partial charge in [0.2, 0.25) is 0 Å². The maximum absolute atomic E-state index is 12.5.